The van der Waals surface area contributed by atoms with Crippen LogP contribution < -0.4 is 0 Å². The van der Waals surface area contributed by atoms with Gasteiger partial charge < -0.3 is 4.74 Å². The Bertz CT molecular complexity index is 178. The highest BCUT2D eigenvalue weighted by Crippen LogP contribution is 2.22. The number of hydrogen-bond donors (Lipinski definition) is 0. The van der Waals surface area contributed by atoms with Crippen LogP contribution in [0.1, 0.15) is 25.7 Å². The molecular formula is C9H12O2. The maximum absolute atomic E-state index is 11.1. The summed E-state index contributed by atoms with van der Waals surface area (Å²) in [4.78, 5) is 11.1. The number of hydrogen-bond acceptors (Lipinski definition) is 2. The van der Waals surface area contributed by atoms with Crippen molar-refractivity contribution in [1.29, 1.82) is 0 Å². The summed E-state index contributed by atoms with van der Waals surface area (Å²) in [5, 5.41) is 0. The van der Waals surface area contributed by atoms with Gasteiger partial charge in [0, 0.05) is 12.8 Å². The molecule has 0 aromatic rings. The topological polar surface area (TPSA) is 26.3 Å². The standard InChI is InChI=1S/C9H12O2/c10-7-1-3-8-5-6-9(11-8)4-2-7/h5-6,8-9H,1-4H2/t8-,9+. The number of carbonyl (C=O) groups is 1. The largest absolute Gasteiger partial charge is 0.367 e. The molecule has 2 aliphatic heterocycles. The van der Waals surface area contributed by atoms with Crippen molar-refractivity contribution < 1.29 is 9.53 Å². The highest BCUT2D eigenvalue weighted by molar-refractivity contribution is 5.78. The zero-order valence-electron chi connectivity index (χ0n) is 6.45. The van der Waals surface area contributed by atoms with E-state index in [9.17, 15) is 4.79 Å². The zero-order valence-corrected chi connectivity index (χ0v) is 6.45. The van der Waals surface area contributed by atoms with Crippen molar-refractivity contribution in [1.82, 2.24) is 0 Å². The molecule has 60 valence electrons. The van der Waals surface area contributed by atoms with E-state index >= 15 is 0 Å². The molecule has 0 radical (unpaired) electrons. The van der Waals surface area contributed by atoms with E-state index in [0.29, 0.717) is 18.6 Å². The number of ketones is 1. The molecule has 11 heavy (non-hydrogen) atoms. The molecule has 0 saturated carbocycles. The Balaban J connectivity index is 2.03. The van der Waals surface area contributed by atoms with Gasteiger partial charge in [0.2, 0.25) is 0 Å². The highest BCUT2D eigenvalue weighted by Gasteiger charge is 2.23. The van der Waals surface area contributed by atoms with E-state index in [-0.39, 0.29) is 12.2 Å². The van der Waals surface area contributed by atoms with Crippen LogP contribution in [0.4, 0.5) is 0 Å². The van der Waals surface area contributed by atoms with Gasteiger partial charge in [0.15, 0.2) is 0 Å². The van der Waals surface area contributed by atoms with Gasteiger partial charge in [0.1, 0.15) is 5.78 Å². The molecule has 0 N–H and O–H groups in total. The predicted molar refractivity (Wildman–Crippen MR) is 41.3 cm³/mol. The van der Waals surface area contributed by atoms with Crippen molar-refractivity contribution in [2.24, 2.45) is 0 Å². The van der Waals surface area contributed by atoms with Gasteiger partial charge in [0.25, 0.3) is 0 Å². The number of fused-ring (bicyclic) bond motifs is 2. The summed E-state index contributed by atoms with van der Waals surface area (Å²) in [5.41, 5.74) is 0. The van der Waals surface area contributed by atoms with Crippen molar-refractivity contribution in [3.8, 4) is 0 Å². The van der Waals surface area contributed by atoms with E-state index < -0.39 is 0 Å². The summed E-state index contributed by atoms with van der Waals surface area (Å²) in [7, 11) is 0. The molecule has 0 aromatic heterocycles. The molecule has 2 heteroatoms. The smallest absolute Gasteiger partial charge is 0.133 e. The van der Waals surface area contributed by atoms with Crippen molar-refractivity contribution in [3.05, 3.63) is 12.2 Å². The van der Waals surface area contributed by atoms with E-state index in [2.05, 4.69) is 12.2 Å². The molecule has 0 amide bonds. The first-order valence-corrected chi connectivity index (χ1v) is 4.20. The average Bonchev–Trinajstić information content (AvgIpc) is 2.43. The van der Waals surface area contributed by atoms with Crippen molar-refractivity contribution in [2.45, 2.75) is 37.9 Å². The predicted octanol–water partition coefficient (Wildman–Crippen LogP) is 1.45. The van der Waals surface area contributed by atoms with Crippen LogP contribution in [0.2, 0.25) is 0 Å². The molecule has 0 aromatic carbocycles. The molecule has 2 heterocycles. The second-order valence-electron chi connectivity index (χ2n) is 3.21. The molecule has 2 nitrogen and oxygen atoms in total. The van der Waals surface area contributed by atoms with Gasteiger partial charge in [-0.1, -0.05) is 12.2 Å². The van der Waals surface area contributed by atoms with Crippen LogP contribution in [0, 0.1) is 0 Å². The Morgan fingerprint density at radius 1 is 1.18 bits per heavy atom. The fourth-order valence-corrected chi connectivity index (χ4v) is 1.62. The van der Waals surface area contributed by atoms with Crippen LogP contribution in [-0.2, 0) is 9.53 Å². The number of rotatable bonds is 0. The fourth-order valence-electron chi connectivity index (χ4n) is 1.62. The molecular weight excluding hydrogens is 140 g/mol. The first-order chi connectivity index (χ1) is 5.34. The van der Waals surface area contributed by atoms with Crippen LogP contribution in [0.15, 0.2) is 12.2 Å². The van der Waals surface area contributed by atoms with Crippen LogP contribution >= 0.6 is 0 Å². The van der Waals surface area contributed by atoms with Crippen LogP contribution in [0.25, 0.3) is 0 Å². The van der Waals surface area contributed by atoms with E-state index in [0.717, 1.165) is 12.8 Å². The minimum absolute atomic E-state index is 0.226. The molecule has 1 saturated heterocycles. The second-order valence-corrected chi connectivity index (χ2v) is 3.21. The molecule has 0 unspecified atom stereocenters. The monoisotopic (exact) mass is 152 g/mol. The summed E-state index contributed by atoms with van der Waals surface area (Å²) in [5.74, 6) is 0.395. The first-order valence-electron chi connectivity index (χ1n) is 4.20. The maximum Gasteiger partial charge on any atom is 0.133 e. The third-order valence-corrected chi connectivity index (χ3v) is 2.31. The molecule has 2 atom stereocenters. The number of carbonyl (C=O) groups excluding carboxylic acids is 1. The SMILES string of the molecule is O=C1CC[C@H]2C=C[C@@H](CC1)O2. The van der Waals surface area contributed by atoms with Crippen LogP contribution in [0.5, 0.6) is 0 Å². The second kappa shape index (κ2) is 2.78. The molecule has 2 bridgehead atoms. The minimum Gasteiger partial charge on any atom is -0.367 e. The average molecular weight is 152 g/mol. The summed E-state index contributed by atoms with van der Waals surface area (Å²) in [6, 6.07) is 0. The third-order valence-electron chi connectivity index (χ3n) is 2.31. The zero-order chi connectivity index (χ0) is 7.68. The van der Waals surface area contributed by atoms with Gasteiger partial charge in [-0.2, -0.15) is 0 Å². The molecule has 1 fully saturated rings. The normalized spacial score (nSPS) is 36.9. The lowest BCUT2D eigenvalue weighted by atomic mass is 10.1. The van der Waals surface area contributed by atoms with Gasteiger partial charge in [-0.05, 0) is 12.8 Å². The van der Waals surface area contributed by atoms with E-state index in [1.807, 2.05) is 0 Å². The highest BCUT2D eigenvalue weighted by atomic mass is 16.5. The van der Waals surface area contributed by atoms with Crippen LogP contribution in [-0.4, -0.2) is 18.0 Å². The Morgan fingerprint density at radius 2 is 1.73 bits per heavy atom. The van der Waals surface area contributed by atoms with Crippen molar-refractivity contribution in [2.75, 3.05) is 0 Å². The third kappa shape index (κ3) is 1.51. The summed E-state index contributed by atoms with van der Waals surface area (Å²) in [6.07, 6.45) is 7.78. The quantitative estimate of drug-likeness (QED) is 0.491. The Labute approximate surface area is 66.2 Å². The van der Waals surface area contributed by atoms with Gasteiger partial charge in [-0.15, -0.1) is 0 Å². The molecule has 2 aliphatic rings. The molecule has 0 spiro atoms. The summed E-state index contributed by atoms with van der Waals surface area (Å²) in [6.45, 7) is 0. The van der Waals surface area contributed by atoms with Crippen LogP contribution in [0.3, 0.4) is 0 Å². The molecule has 2 rings (SSSR count). The first kappa shape index (κ1) is 7.04. The van der Waals surface area contributed by atoms with Gasteiger partial charge in [-0.3, -0.25) is 4.79 Å². The van der Waals surface area contributed by atoms with E-state index in [1.54, 1.807) is 0 Å². The van der Waals surface area contributed by atoms with Gasteiger partial charge >= 0.3 is 0 Å². The van der Waals surface area contributed by atoms with Crippen molar-refractivity contribution in [3.63, 3.8) is 0 Å². The molecule has 0 aliphatic carbocycles. The summed E-state index contributed by atoms with van der Waals surface area (Å²) < 4.78 is 5.59. The van der Waals surface area contributed by atoms with Gasteiger partial charge in [-0.25, -0.2) is 0 Å². The Morgan fingerprint density at radius 3 is 2.27 bits per heavy atom. The fraction of sp³-hybridized carbons (Fsp3) is 0.667. The van der Waals surface area contributed by atoms with Crippen molar-refractivity contribution >= 4 is 5.78 Å². The lowest BCUT2D eigenvalue weighted by Crippen LogP contribution is -2.18. The van der Waals surface area contributed by atoms with Gasteiger partial charge in [0.05, 0.1) is 12.2 Å². The lowest BCUT2D eigenvalue weighted by Gasteiger charge is -2.16. The summed E-state index contributed by atoms with van der Waals surface area (Å²) >= 11 is 0. The Hall–Kier alpha value is -0.630. The van der Waals surface area contributed by atoms with E-state index in [1.165, 1.54) is 0 Å². The number of Topliss-reactive ketones (excluding diaryl/α,β-unsaturated/α-hetero) is 1. The van der Waals surface area contributed by atoms with E-state index in [4.69, 9.17) is 4.74 Å². The lowest BCUT2D eigenvalue weighted by molar-refractivity contribution is -0.121. The number of ether oxygens (including phenoxy) is 1. The Kier molecular flexibility index (Phi) is 1.78. The minimum atomic E-state index is 0.226. The maximum atomic E-state index is 11.1.